The number of fused-ring (bicyclic) bond motifs is 1. The first kappa shape index (κ1) is 12.8. The molecular formula is C15H18O3. The third kappa shape index (κ3) is 1.75. The predicted octanol–water partition coefficient (Wildman–Crippen LogP) is 2.53. The summed E-state index contributed by atoms with van der Waals surface area (Å²) in [6.07, 6.45) is 1.52. The van der Waals surface area contributed by atoms with Gasteiger partial charge in [-0.25, -0.2) is 0 Å². The molecule has 1 aromatic rings. The van der Waals surface area contributed by atoms with Crippen LogP contribution in [-0.4, -0.2) is 16.0 Å². The summed E-state index contributed by atoms with van der Waals surface area (Å²) in [4.78, 5) is 12.0. The van der Waals surface area contributed by atoms with Crippen LogP contribution >= 0.6 is 0 Å². The Balaban J connectivity index is 2.77. The highest BCUT2D eigenvalue weighted by Gasteiger charge is 2.38. The summed E-state index contributed by atoms with van der Waals surface area (Å²) >= 11 is 0. The molecule has 0 bridgehead atoms. The van der Waals surface area contributed by atoms with E-state index in [0.717, 1.165) is 16.7 Å². The van der Waals surface area contributed by atoms with Crippen LogP contribution in [0.15, 0.2) is 18.2 Å². The standard InChI is InChI=1S/C15H18O3/c1-8(2)10-6-14(17)15(4,18)12-7-13(16)9(3)5-11(10)12/h5-8,16,18H,1-4H3/t15-/m1/s1. The minimum absolute atomic E-state index is 0.104. The lowest BCUT2D eigenvalue weighted by Crippen LogP contribution is -2.35. The molecule has 0 spiro atoms. The molecule has 1 atom stereocenters. The molecular weight excluding hydrogens is 228 g/mol. The number of carbonyl (C=O) groups is 1. The predicted molar refractivity (Wildman–Crippen MR) is 70.2 cm³/mol. The van der Waals surface area contributed by atoms with Crippen molar-refractivity contribution < 1.29 is 15.0 Å². The average molecular weight is 246 g/mol. The summed E-state index contributed by atoms with van der Waals surface area (Å²) < 4.78 is 0. The van der Waals surface area contributed by atoms with Crippen LogP contribution in [0.5, 0.6) is 5.75 Å². The first-order valence-electron chi connectivity index (χ1n) is 6.08. The summed E-state index contributed by atoms with van der Waals surface area (Å²) in [5.41, 5.74) is 1.43. The first-order valence-corrected chi connectivity index (χ1v) is 6.08. The number of aryl methyl sites for hydroxylation is 1. The van der Waals surface area contributed by atoms with Crippen LogP contribution in [-0.2, 0) is 10.4 Å². The zero-order valence-corrected chi connectivity index (χ0v) is 11.1. The SMILES string of the molecule is Cc1cc2c(cc1O)[C@@](C)(O)C(=O)C=C2C(C)C. The smallest absolute Gasteiger partial charge is 0.191 e. The lowest BCUT2D eigenvalue weighted by Gasteiger charge is -2.31. The monoisotopic (exact) mass is 246 g/mol. The van der Waals surface area contributed by atoms with Gasteiger partial charge in [-0.15, -0.1) is 0 Å². The Morgan fingerprint density at radius 3 is 2.44 bits per heavy atom. The van der Waals surface area contributed by atoms with E-state index >= 15 is 0 Å². The number of aliphatic hydroxyl groups is 1. The van der Waals surface area contributed by atoms with Gasteiger partial charge in [-0.1, -0.05) is 13.8 Å². The molecule has 0 saturated heterocycles. The Hall–Kier alpha value is -1.61. The van der Waals surface area contributed by atoms with Crippen molar-refractivity contribution in [3.63, 3.8) is 0 Å². The average Bonchev–Trinajstić information content (AvgIpc) is 2.26. The number of allylic oxidation sites excluding steroid dienone is 1. The second kappa shape index (κ2) is 3.95. The Kier molecular flexibility index (Phi) is 2.82. The number of carbonyl (C=O) groups excluding carboxylic acids is 1. The van der Waals surface area contributed by atoms with E-state index in [0.29, 0.717) is 5.56 Å². The van der Waals surface area contributed by atoms with Crippen molar-refractivity contribution in [1.82, 2.24) is 0 Å². The molecule has 3 nitrogen and oxygen atoms in total. The highest BCUT2D eigenvalue weighted by atomic mass is 16.3. The molecule has 0 aromatic heterocycles. The van der Waals surface area contributed by atoms with Crippen LogP contribution in [0.1, 0.15) is 37.5 Å². The topological polar surface area (TPSA) is 57.5 Å². The lowest BCUT2D eigenvalue weighted by atomic mass is 9.76. The number of hydrogen-bond acceptors (Lipinski definition) is 3. The normalized spacial score (nSPS) is 23.0. The van der Waals surface area contributed by atoms with E-state index in [4.69, 9.17) is 0 Å². The maximum absolute atomic E-state index is 12.0. The van der Waals surface area contributed by atoms with Gasteiger partial charge in [-0.2, -0.15) is 0 Å². The van der Waals surface area contributed by atoms with E-state index in [9.17, 15) is 15.0 Å². The van der Waals surface area contributed by atoms with Crippen molar-refractivity contribution in [2.75, 3.05) is 0 Å². The quantitative estimate of drug-likeness (QED) is 0.800. The van der Waals surface area contributed by atoms with E-state index < -0.39 is 5.60 Å². The molecule has 1 aromatic carbocycles. The number of aromatic hydroxyl groups is 1. The molecule has 2 rings (SSSR count). The number of phenolic OH excluding ortho intramolecular Hbond substituents is 1. The van der Waals surface area contributed by atoms with Gasteiger partial charge in [0.15, 0.2) is 5.78 Å². The van der Waals surface area contributed by atoms with Crippen LogP contribution in [0.3, 0.4) is 0 Å². The number of hydrogen-bond donors (Lipinski definition) is 2. The van der Waals surface area contributed by atoms with Crippen LogP contribution in [0, 0.1) is 12.8 Å². The van der Waals surface area contributed by atoms with Gasteiger partial charge in [-0.3, -0.25) is 4.79 Å². The second-order valence-corrected chi connectivity index (χ2v) is 5.38. The van der Waals surface area contributed by atoms with Gasteiger partial charge in [0.05, 0.1) is 0 Å². The summed E-state index contributed by atoms with van der Waals surface area (Å²) in [7, 11) is 0. The Morgan fingerprint density at radius 2 is 1.89 bits per heavy atom. The molecule has 1 aliphatic carbocycles. The summed E-state index contributed by atoms with van der Waals surface area (Å²) in [6, 6.07) is 3.33. The van der Waals surface area contributed by atoms with Crippen LogP contribution < -0.4 is 0 Å². The van der Waals surface area contributed by atoms with Crippen molar-refractivity contribution in [3.05, 3.63) is 34.9 Å². The van der Waals surface area contributed by atoms with Gasteiger partial charge in [0.1, 0.15) is 11.4 Å². The second-order valence-electron chi connectivity index (χ2n) is 5.38. The molecule has 1 aliphatic rings. The highest BCUT2D eigenvalue weighted by molar-refractivity contribution is 6.06. The Bertz CT molecular complexity index is 551. The van der Waals surface area contributed by atoms with Crippen LogP contribution in [0.25, 0.3) is 5.57 Å². The van der Waals surface area contributed by atoms with Crippen LogP contribution in [0.2, 0.25) is 0 Å². The fourth-order valence-electron chi connectivity index (χ4n) is 2.31. The molecule has 0 unspecified atom stereocenters. The Morgan fingerprint density at radius 1 is 1.28 bits per heavy atom. The van der Waals surface area contributed by atoms with Gasteiger partial charge in [0.2, 0.25) is 0 Å². The third-order valence-electron chi connectivity index (χ3n) is 3.56. The van der Waals surface area contributed by atoms with Gasteiger partial charge in [0, 0.05) is 5.56 Å². The Labute approximate surface area is 107 Å². The molecule has 0 aliphatic heterocycles. The molecule has 0 amide bonds. The fraction of sp³-hybridized carbons (Fsp3) is 0.400. The van der Waals surface area contributed by atoms with Crippen molar-refractivity contribution in [2.24, 2.45) is 5.92 Å². The fourth-order valence-corrected chi connectivity index (χ4v) is 2.31. The first-order chi connectivity index (χ1) is 8.25. The lowest BCUT2D eigenvalue weighted by molar-refractivity contribution is -0.131. The zero-order chi connectivity index (χ0) is 13.7. The third-order valence-corrected chi connectivity index (χ3v) is 3.56. The van der Waals surface area contributed by atoms with Gasteiger partial charge >= 0.3 is 0 Å². The summed E-state index contributed by atoms with van der Waals surface area (Å²) in [6.45, 7) is 7.28. The number of benzene rings is 1. The largest absolute Gasteiger partial charge is 0.508 e. The maximum Gasteiger partial charge on any atom is 0.191 e. The number of phenols is 1. The van der Waals surface area contributed by atoms with E-state index in [2.05, 4.69) is 0 Å². The highest BCUT2D eigenvalue weighted by Crippen LogP contribution is 2.40. The molecule has 96 valence electrons. The maximum atomic E-state index is 12.0. The van der Waals surface area contributed by atoms with Crippen molar-refractivity contribution >= 4 is 11.4 Å². The van der Waals surface area contributed by atoms with Gasteiger partial charge in [0.25, 0.3) is 0 Å². The molecule has 3 heteroatoms. The number of rotatable bonds is 1. The summed E-state index contributed by atoms with van der Waals surface area (Å²) in [5, 5.41) is 20.1. The summed E-state index contributed by atoms with van der Waals surface area (Å²) in [5.74, 6) is -0.0403. The van der Waals surface area contributed by atoms with Gasteiger partial charge < -0.3 is 10.2 Å². The van der Waals surface area contributed by atoms with Crippen LogP contribution in [0.4, 0.5) is 0 Å². The molecule has 18 heavy (non-hydrogen) atoms. The molecule has 0 fully saturated rings. The van der Waals surface area contributed by atoms with E-state index in [-0.39, 0.29) is 17.5 Å². The minimum atomic E-state index is -1.56. The van der Waals surface area contributed by atoms with Gasteiger partial charge in [-0.05, 0) is 54.7 Å². The minimum Gasteiger partial charge on any atom is -0.508 e. The van der Waals surface area contributed by atoms with Crippen molar-refractivity contribution in [1.29, 1.82) is 0 Å². The molecule has 0 radical (unpaired) electrons. The van der Waals surface area contributed by atoms with E-state index in [1.807, 2.05) is 19.9 Å². The van der Waals surface area contributed by atoms with Crippen molar-refractivity contribution in [3.8, 4) is 5.75 Å². The zero-order valence-electron chi connectivity index (χ0n) is 11.1. The van der Waals surface area contributed by atoms with E-state index in [1.165, 1.54) is 19.1 Å². The van der Waals surface area contributed by atoms with Crippen molar-refractivity contribution in [2.45, 2.75) is 33.3 Å². The molecule has 0 saturated carbocycles. The number of ketones is 1. The molecule has 2 N–H and O–H groups in total. The molecule has 0 heterocycles. The van der Waals surface area contributed by atoms with E-state index in [1.54, 1.807) is 6.92 Å².